The van der Waals surface area contributed by atoms with Crippen LogP contribution in [-0.2, 0) is 4.57 Å². The molecule has 0 aliphatic heterocycles. The van der Waals surface area contributed by atoms with Gasteiger partial charge in [0.25, 0.3) is 0 Å². The van der Waals surface area contributed by atoms with Crippen LogP contribution in [0.3, 0.4) is 0 Å². The van der Waals surface area contributed by atoms with E-state index in [1.54, 1.807) is 0 Å². The summed E-state index contributed by atoms with van der Waals surface area (Å²) in [6.45, 7) is 0.854. The van der Waals surface area contributed by atoms with E-state index >= 15 is 0 Å². The summed E-state index contributed by atoms with van der Waals surface area (Å²) < 4.78 is 9.33. The third-order valence-electron chi connectivity index (χ3n) is 0. The highest BCUT2D eigenvalue weighted by molar-refractivity contribution is 7.50. The molecular formula is C2H10N3O3P. The molecule has 9 heavy (non-hydrogen) atoms. The average molecular weight is 155 g/mol. The van der Waals surface area contributed by atoms with Crippen LogP contribution in [0, 0.1) is 5.41 Å². The van der Waals surface area contributed by atoms with Crippen molar-refractivity contribution >= 4 is 13.6 Å². The second-order valence-corrected chi connectivity index (χ2v) is 2.96. The zero-order valence-electron chi connectivity index (χ0n) is 4.90. The Morgan fingerprint density at radius 2 is 1.56 bits per heavy atom. The molecule has 0 radical (unpaired) electrons. The Bertz CT molecular complexity index is 117. The van der Waals surface area contributed by atoms with Crippen LogP contribution in [0.1, 0.15) is 0 Å². The topological polar surface area (TPSA) is 133 Å². The predicted octanol–water partition coefficient (Wildman–Crippen LogP) is -1.37. The third kappa shape index (κ3) is 648. The predicted molar refractivity (Wildman–Crippen MR) is 34.1 cm³/mol. The molecule has 0 unspecified atom stereocenters. The molecule has 7 N–H and O–H groups in total. The molecule has 0 aliphatic rings. The van der Waals surface area contributed by atoms with E-state index in [1.807, 2.05) is 0 Å². The Kier molecular flexibility index (Phi) is 5.39. The highest BCUT2D eigenvalue weighted by atomic mass is 31.2. The minimum absolute atomic E-state index is 0.333. The van der Waals surface area contributed by atoms with E-state index in [0.29, 0.717) is 0 Å². The van der Waals surface area contributed by atoms with Gasteiger partial charge in [0.2, 0.25) is 0 Å². The summed E-state index contributed by atoms with van der Waals surface area (Å²) in [5, 5.41) is 6.06. The second-order valence-electron chi connectivity index (χ2n) is 1.29. The van der Waals surface area contributed by atoms with Gasteiger partial charge in [0.1, 0.15) is 0 Å². The van der Waals surface area contributed by atoms with E-state index in [-0.39, 0.29) is 5.96 Å². The molecule has 0 aliphatic carbocycles. The van der Waals surface area contributed by atoms with Gasteiger partial charge in [-0.15, -0.1) is 0 Å². The molecule has 7 heteroatoms. The van der Waals surface area contributed by atoms with Crippen molar-refractivity contribution in [2.75, 3.05) is 6.66 Å². The van der Waals surface area contributed by atoms with E-state index in [9.17, 15) is 4.57 Å². The van der Waals surface area contributed by atoms with Gasteiger partial charge in [-0.1, -0.05) is 0 Å². The molecule has 0 amide bonds. The lowest BCUT2D eigenvalue weighted by molar-refractivity contribution is 0.381. The van der Waals surface area contributed by atoms with Gasteiger partial charge in [-0.25, -0.2) is 0 Å². The second kappa shape index (κ2) is 4.31. The van der Waals surface area contributed by atoms with Crippen LogP contribution in [-0.4, -0.2) is 22.4 Å². The number of rotatable bonds is 0. The molecule has 0 saturated heterocycles. The third-order valence-corrected chi connectivity index (χ3v) is 0. The van der Waals surface area contributed by atoms with E-state index in [4.69, 9.17) is 15.2 Å². The van der Waals surface area contributed by atoms with Crippen LogP contribution in [0.25, 0.3) is 0 Å². The highest BCUT2D eigenvalue weighted by Crippen LogP contribution is 2.26. The molecule has 0 atom stereocenters. The molecule has 0 fully saturated rings. The first-order chi connectivity index (χ1) is 3.73. The van der Waals surface area contributed by atoms with Crippen LogP contribution in [0.4, 0.5) is 0 Å². The zero-order valence-corrected chi connectivity index (χ0v) is 5.80. The van der Waals surface area contributed by atoms with Crippen LogP contribution in [0.5, 0.6) is 0 Å². The maximum atomic E-state index is 9.33. The van der Waals surface area contributed by atoms with Gasteiger partial charge in [-0.05, 0) is 0 Å². The number of hydrogen-bond donors (Lipinski definition) is 5. The minimum Gasteiger partial charge on any atom is -0.370 e. The molecule has 0 spiro atoms. The molecule has 0 rings (SSSR count). The van der Waals surface area contributed by atoms with Gasteiger partial charge in [-0.2, -0.15) is 0 Å². The van der Waals surface area contributed by atoms with Gasteiger partial charge >= 0.3 is 7.60 Å². The van der Waals surface area contributed by atoms with Gasteiger partial charge < -0.3 is 21.3 Å². The maximum Gasteiger partial charge on any atom is 0.322 e. The summed E-state index contributed by atoms with van der Waals surface area (Å²) in [4.78, 5) is 15.3. The minimum atomic E-state index is -3.64. The Hall–Kier alpha value is -0.580. The fourth-order valence-corrected chi connectivity index (χ4v) is 0. The molecule has 6 nitrogen and oxygen atoms in total. The Balaban J connectivity index is 0. The van der Waals surface area contributed by atoms with Gasteiger partial charge in [0, 0.05) is 6.66 Å². The first-order valence-electron chi connectivity index (χ1n) is 1.86. The van der Waals surface area contributed by atoms with Crippen LogP contribution < -0.4 is 11.5 Å². The van der Waals surface area contributed by atoms with Crippen molar-refractivity contribution < 1.29 is 14.4 Å². The SMILES string of the molecule is CP(=O)(O)O.N=C(N)N. The first kappa shape index (κ1) is 11.2. The Labute approximate surface area is 52.5 Å². The molecular weight excluding hydrogens is 145 g/mol. The molecule has 0 aromatic rings. The highest BCUT2D eigenvalue weighted by Gasteiger charge is 1.95. The number of hydrogen-bond acceptors (Lipinski definition) is 2. The normalized spacial score (nSPS) is 9.22. The first-order valence-corrected chi connectivity index (χ1v) is 3.92. The zero-order chi connectivity index (χ0) is 8.08. The van der Waals surface area contributed by atoms with Crippen molar-refractivity contribution in [2.24, 2.45) is 11.5 Å². The molecule has 0 heterocycles. The summed E-state index contributed by atoms with van der Waals surface area (Å²) in [6.07, 6.45) is 0. The fraction of sp³-hybridized carbons (Fsp3) is 0.500. The summed E-state index contributed by atoms with van der Waals surface area (Å²) in [6, 6.07) is 0. The van der Waals surface area contributed by atoms with Crippen molar-refractivity contribution in [2.45, 2.75) is 0 Å². The summed E-state index contributed by atoms with van der Waals surface area (Å²) in [5.74, 6) is -0.333. The van der Waals surface area contributed by atoms with E-state index in [0.717, 1.165) is 6.66 Å². The quantitative estimate of drug-likeness (QED) is 0.167. The van der Waals surface area contributed by atoms with Crippen LogP contribution in [0.2, 0.25) is 0 Å². The maximum absolute atomic E-state index is 9.33. The molecule has 0 saturated carbocycles. The lowest BCUT2D eigenvalue weighted by atomic mass is 11.1. The fourth-order valence-electron chi connectivity index (χ4n) is 0. The van der Waals surface area contributed by atoms with Crippen molar-refractivity contribution in [3.8, 4) is 0 Å². The summed E-state index contributed by atoms with van der Waals surface area (Å²) in [7, 11) is -3.64. The molecule has 0 bridgehead atoms. The molecule has 56 valence electrons. The Morgan fingerprint density at radius 3 is 1.56 bits per heavy atom. The standard InChI is InChI=1S/CH5N3.CH5O3P/c2-1(3)4;1-5(2,3)4/h(H5,2,3,4);1H3,(H2,2,3,4). The van der Waals surface area contributed by atoms with Crippen molar-refractivity contribution in [3.63, 3.8) is 0 Å². The van der Waals surface area contributed by atoms with Crippen molar-refractivity contribution in [1.29, 1.82) is 5.41 Å². The summed E-state index contributed by atoms with van der Waals surface area (Å²) >= 11 is 0. The van der Waals surface area contributed by atoms with Gasteiger partial charge in [-0.3, -0.25) is 9.97 Å². The Morgan fingerprint density at radius 1 is 1.56 bits per heavy atom. The van der Waals surface area contributed by atoms with Crippen LogP contribution in [0.15, 0.2) is 0 Å². The van der Waals surface area contributed by atoms with E-state index in [2.05, 4.69) is 11.5 Å². The lowest BCUT2D eigenvalue weighted by Gasteiger charge is -1.84. The number of guanidine groups is 1. The summed E-state index contributed by atoms with van der Waals surface area (Å²) in [5.41, 5.74) is 8.94. The monoisotopic (exact) mass is 155 g/mol. The van der Waals surface area contributed by atoms with Crippen molar-refractivity contribution in [3.05, 3.63) is 0 Å². The van der Waals surface area contributed by atoms with E-state index < -0.39 is 7.60 Å². The number of nitrogens with two attached hydrogens (primary N) is 2. The van der Waals surface area contributed by atoms with Crippen LogP contribution >= 0.6 is 7.60 Å². The van der Waals surface area contributed by atoms with Gasteiger partial charge in [0.15, 0.2) is 5.96 Å². The smallest absolute Gasteiger partial charge is 0.322 e. The largest absolute Gasteiger partial charge is 0.370 e. The molecule has 0 aromatic heterocycles. The molecule has 0 aromatic carbocycles. The van der Waals surface area contributed by atoms with Gasteiger partial charge in [0.05, 0.1) is 0 Å². The van der Waals surface area contributed by atoms with E-state index in [1.165, 1.54) is 0 Å². The average Bonchev–Trinajstić information content (AvgIpc) is 1.19. The van der Waals surface area contributed by atoms with Crippen molar-refractivity contribution in [1.82, 2.24) is 0 Å². The lowest BCUT2D eigenvalue weighted by Crippen LogP contribution is -2.20. The number of nitrogens with one attached hydrogen (secondary N) is 1.